The maximum Gasteiger partial charge on any atom is 0.292 e. The number of nitro benzene ring substituents is 1. The quantitative estimate of drug-likeness (QED) is 0.614. The van der Waals surface area contributed by atoms with Gasteiger partial charge in [0, 0.05) is 18.2 Å². The van der Waals surface area contributed by atoms with Gasteiger partial charge in [0.1, 0.15) is 11.5 Å². The Balaban J connectivity index is 2.00. The second-order valence-electron chi connectivity index (χ2n) is 4.11. The lowest BCUT2D eigenvalue weighted by atomic mass is 10.2. The molecular weight excluding hydrogens is 241 g/mol. The Morgan fingerprint density at radius 3 is 2.83 bits per heavy atom. The Morgan fingerprint density at radius 1 is 1.50 bits per heavy atom. The molecule has 1 fully saturated rings. The number of benzene rings is 1. The summed E-state index contributed by atoms with van der Waals surface area (Å²) in [4.78, 5) is 21.5. The van der Waals surface area contributed by atoms with Gasteiger partial charge in [-0.05, 0) is 18.9 Å². The van der Waals surface area contributed by atoms with Crippen LogP contribution in [0.25, 0.3) is 0 Å². The number of nitro groups is 1. The molecule has 0 aromatic heterocycles. The molecule has 0 saturated heterocycles. The van der Waals surface area contributed by atoms with Crippen molar-refractivity contribution in [1.82, 2.24) is 5.32 Å². The lowest BCUT2D eigenvalue weighted by Gasteiger charge is -2.07. The molecule has 1 aromatic carbocycles. The van der Waals surface area contributed by atoms with E-state index in [1.165, 1.54) is 0 Å². The maximum absolute atomic E-state index is 13.0. The van der Waals surface area contributed by atoms with E-state index in [0.29, 0.717) is 0 Å². The minimum atomic E-state index is -0.624. The van der Waals surface area contributed by atoms with Gasteiger partial charge >= 0.3 is 0 Å². The number of hydrogen-bond acceptors (Lipinski definition) is 4. The van der Waals surface area contributed by atoms with Gasteiger partial charge in [0.15, 0.2) is 0 Å². The molecule has 0 aliphatic heterocycles. The van der Waals surface area contributed by atoms with Crippen molar-refractivity contribution in [2.75, 3.05) is 11.9 Å². The minimum Gasteiger partial charge on any atom is -0.370 e. The Bertz CT molecular complexity index is 488. The lowest BCUT2D eigenvalue weighted by Crippen LogP contribution is -2.31. The van der Waals surface area contributed by atoms with Crippen LogP contribution < -0.4 is 10.6 Å². The smallest absolute Gasteiger partial charge is 0.292 e. The molecule has 1 aliphatic carbocycles. The van der Waals surface area contributed by atoms with Crippen molar-refractivity contribution >= 4 is 17.3 Å². The van der Waals surface area contributed by atoms with Crippen molar-refractivity contribution in [3.05, 3.63) is 34.1 Å². The van der Waals surface area contributed by atoms with Gasteiger partial charge in [0.05, 0.1) is 11.5 Å². The van der Waals surface area contributed by atoms with E-state index in [9.17, 15) is 19.3 Å². The van der Waals surface area contributed by atoms with Gasteiger partial charge in [-0.1, -0.05) is 0 Å². The zero-order chi connectivity index (χ0) is 13.1. The fourth-order valence-electron chi connectivity index (χ4n) is 1.49. The van der Waals surface area contributed by atoms with Crippen LogP contribution in [0.1, 0.15) is 12.8 Å². The average Bonchev–Trinajstić information content (AvgIpc) is 3.10. The second-order valence-corrected chi connectivity index (χ2v) is 4.11. The zero-order valence-electron chi connectivity index (χ0n) is 9.48. The zero-order valence-corrected chi connectivity index (χ0v) is 9.48. The number of carbonyl (C=O) groups is 1. The summed E-state index contributed by atoms with van der Waals surface area (Å²) in [7, 11) is 0. The van der Waals surface area contributed by atoms with Crippen LogP contribution >= 0.6 is 0 Å². The molecule has 0 spiro atoms. The van der Waals surface area contributed by atoms with Gasteiger partial charge in [-0.3, -0.25) is 14.9 Å². The molecular formula is C11H12FN3O3. The lowest BCUT2D eigenvalue weighted by molar-refractivity contribution is -0.384. The van der Waals surface area contributed by atoms with E-state index in [1.54, 1.807) is 0 Å². The van der Waals surface area contributed by atoms with Crippen LogP contribution in [0.3, 0.4) is 0 Å². The first-order chi connectivity index (χ1) is 8.56. The number of nitrogens with one attached hydrogen (secondary N) is 2. The Labute approximate surface area is 102 Å². The van der Waals surface area contributed by atoms with Crippen molar-refractivity contribution < 1.29 is 14.1 Å². The molecule has 1 aliphatic rings. The van der Waals surface area contributed by atoms with Gasteiger partial charge in [-0.25, -0.2) is 4.39 Å². The van der Waals surface area contributed by atoms with Gasteiger partial charge in [0.25, 0.3) is 5.69 Å². The second kappa shape index (κ2) is 4.99. The first kappa shape index (κ1) is 12.3. The molecule has 2 N–H and O–H groups in total. The summed E-state index contributed by atoms with van der Waals surface area (Å²) in [5.41, 5.74) is -0.249. The highest BCUT2D eigenvalue weighted by molar-refractivity contribution is 5.82. The molecule has 96 valence electrons. The van der Waals surface area contributed by atoms with E-state index in [2.05, 4.69) is 10.6 Å². The van der Waals surface area contributed by atoms with Crippen LogP contribution in [0, 0.1) is 15.9 Å². The van der Waals surface area contributed by atoms with Crippen LogP contribution in [-0.2, 0) is 4.79 Å². The van der Waals surface area contributed by atoms with E-state index in [1.807, 2.05) is 0 Å². The van der Waals surface area contributed by atoms with Crippen LogP contribution in [0.5, 0.6) is 0 Å². The monoisotopic (exact) mass is 253 g/mol. The minimum absolute atomic E-state index is 0.00551. The molecule has 18 heavy (non-hydrogen) atoms. The predicted octanol–water partition coefficient (Wildman–Crippen LogP) is 1.42. The van der Waals surface area contributed by atoms with Gasteiger partial charge in [-0.15, -0.1) is 0 Å². The maximum atomic E-state index is 13.0. The Hall–Kier alpha value is -2.18. The van der Waals surface area contributed by atoms with Gasteiger partial charge in [0.2, 0.25) is 5.91 Å². The van der Waals surface area contributed by atoms with Crippen LogP contribution in [0.15, 0.2) is 18.2 Å². The normalized spacial score (nSPS) is 14.1. The van der Waals surface area contributed by atoms with E-state index in [4.69, 9.17) is 0 Å². The highest BCUT2D eigenvalue weighted by atomic mass is 19.1. The SMILES string of the molecule is O=C(CNc1cc(F)ccc1[N+](=O)[O-])NC1CC1. The summed E-state index contributed by atoms with van der Waals surface area (Å²) in [6.07, 6.45) is 1.93. The fraction of sp³-hybridized carbons (Fsp3) is 0.364. The third-order valence-electron chi connectivity index (χ3n) is 2.54. The Kier molecular flexibility index (Phi) is 3.40. The molecule has 0 bridgehead atoms. The standard InChI is InChI=1S/C11H12FN3O3/c12-7-1-4-10(15(17)18)9(5-7)13-6-11(16)14-8-2-3-8/h1,4-5,8,13H,2-3,6H2,(H,14,16). The molecule has 1 amide bonds. The molecule has 0 radical (unpaired) electrons. The van der Waals surface area contributed by atoms with E-state index in [0.717, 1.165) is 31.0 Å². The molecule has 0 unspecified atom stereocenters. The highest BCUT2D eigenvalue weighted by Gasteiger charge is 2.23. The fourth-order valence-corrected chi connectivity index (χ4v) is 1.49. The van der Waals surface area contributed by atoms with E-state index in [-0.39, 0.29) is 29.9 Å². The summed E-state index contributed by atoms with van der Waals surface area (Å²) < 4.78 is 13.0. The number of halogens is 1. The number of amides is 1. The van der Waals surface area contributed by atoms with Crippen molar-refractivity contribution in [1.29, 1.82) is 0 Å². The molecule has 2 rings (SSSR count). The first-order valence-corrected chi connectivity index (χ1v) is 5.53. The average molecular weight is 253 g/mol. The third kappa shape index (κ3) is 3.16. The summed E-state index contributed by atoms with van der Waals surface area (Å²) in [5.74, 6) is -0.846. The van der Waals surface area contributed by atoms with Crippen LogP contribution in [0.4, 0.5) is 15.8 Å². The summed E-state index contributed by atoms with van der Waals surface area (Å²) in [6.45, 7) is -0.110. The third-order valence-corrected chi connectivity index (χ3v) is 2.54. The van der Waals surface area contributed by atoms with Crippen molar-refractivity contribution in [2.24, 2.45) is 0 Å². The van der Waals surface area contributed by atoms with Crippen molar-refractivity contribution in [2.45, 2.75) is 18.9 Å². The number of rotatable bonds is 5. The topological polar surface area (TPSA) is 84.3 Å². The van der Waals surface area contributed by atoms with Crippen molar-refractivity contribution in [3.63, 3.8) is 0 Å². The largest absolute Gasteiger partial charge is 0.370 e. The van der Waals surface area contributed by atoms with Gasteiger partial charge in [-0.2, -0.15) is 0 Å². The van der Waals surface area contributed by atoms with E-state index < -0.39 is 10.7 Å². The number of anilines is 1. The summed E-state index contributed by atoms with van der Waals surface area (Å²) in [6, 6.07) is 3.30. The molecule has 7 heteroatoms. The number of hydrogen-bond donors (Lipinski definition) is 2. The molecule has 0 heterocycles. The first-order valence-electron chi connectivity index (χ1n) is 5.53. The molecule has 1 saturated carbocycles. The van der Waals surface area contributed by atoms with Crippen molar-refractivity contribution in [3.8, 4) is 0 Å². The molecule has 0 atom stereocenters. The Morgan fingerprint density at radius 2 is 2.22 bits per heavy atom. The molecule has 6 nitrogen and oxygen atoms in total. The van der Waals surface area contributed by atoms with Crippen LogP contribution in [-0.4, -0.2) is 23.4 Å². The number of nitrogens with zero attached hydrogens (tertiary/aromatic N) is 1. The predicted molar refractivity (Wildman–Crippen MR) is 62.7 cm³/mol. The highest BCUT2D eigenvalue weighted by Crippen LogP contribution is 2.24. The number of carbonyl (C=O) groups excluding carboxylic acids is 1. The molecule has 1 aromatic rings. The van der Waals surface area contributed by atoms with Gasteiger partial charge < -0.3 is 10.6 Å². The summed E-state index contributed by atoms with van der Waals surface area (Å²) in [5, 5.41) is 16.0. The van der Waals surface area contributed by atoms with E-state index >= 15 is 0 Å². The van der Waals surface area contributed by atoms with Crippen LogP contribution in [0.2, 0.25) is 0 Å². The summed E-state index contributed by atoms with van der Waals surface area (Å²) >= 11 is 0.